The molecule has 1 atom stereocenters. The number of rotatable bonds is 12. The molecule has 0 radical (unpaired) electrons. The maximum atomic E-state index is 11.3. The number of likely N-dealkylation sites (tertiary alicyclic amines) is 1. The summed E-state index contributed by atoms with van der Waals surface area (Å²) in [5.74, 6) is 3.02. The van der Waals surface area contributed by atoms with E-state index in [-0.39, 0.29) is 12.3 Å². The molecule has 176 valence electrons. The lowest BCUT2D eigenvalue weighted by atomic mass is 9.91. The number of carboxylic acid groups (broad SMARTS) is 1. The second kappa shape index (κ2) is 9.76. The molecule has 2 aromatic rings. The van der Waals surface area contributed by atoms with E-state index in [1.165, 1.54) is 24.0 Å². The quantitative estimate of drug-likeness (QED) is 0.467. The van der Waals surface area contributed by atoms with Crippen LogP contribution in [0.2, 0.25) is 0 Å². The third-order valence-electron chi connectivity index (χ3n) is 7.23. The van der Waals surface area contributed by atoms with Crippen LogP contribution < -0.4 is 9.47 Å². The Balaban J connectivity index is 1.13. The Morgan fingerprint density at radius 1 is 1.06 bits per heavy atom. The summed E-state index contributed by atoms with van der Waals surface area (Å²) in [6.07, 6.45) is 5.10. The van der Waals surface area contributed by atoms with Crippen LogP contribution in [0.1, 0.15) is 67.6 Å². The minimum atomic E-state index is -0.718. The number of hydrogen-bond donors (Lipinski definition) is 1. The zero-order valence-corrected chi connectivity index (χ0v) is 19.5. The standard InChI is InChI=1S/C28H35NO4/c1-2-32-25-10-11-26(20-6-7-20)23(13-25)17-29-15-19(16-29)18-33-24-5-3-4-22(12-24)27(14-28(30)31)21-8-9-21/h3-5,10-13,19-21,27H,2,6-9,14-18H2,1H3,(H,30,31)/t27-/m0/s1. The molecule has 2 aliphatic carbocycles. The third-order valence-corrected chi connectivity index (χ3v) is 7.23. The van der Waals surface area contributed by atoms with Crippen molar-refractivity contribution in [2.45, 2.75) is 57.4 Å². The molecule has 1 heterocycles. The number of hydrogen-bond acceptors (Lipinski definition) is 4. The first kappa shape index (κ1) is 22.3. The van der Waals surface area contributed by atoms with Gasteiger partial charge >= 0.3 is 5.97 Å². The predicted octanol–water partition coefficient (Wildman–Crippen LogP) is 5.44. The fourth-order valence-corrected chi connectivity index (χ4v) is 5.21. The van der Waals surface area contributed by atoms with Gasteiger partial charge in [0, 0.05) is 25.6 Å². The Hall–Kier alpha value is -2.53. The smallest absolute Gasteiger partial charge is 0.303 e. The molecular weight excluding hydrogens is 414 g/mol. The molecule has 1 saturated heterocycles. The number of carboxylic acids is 1. The van der Waals surface area contributed by atoms with Crippen LogP contribution in [0.4, 0.5) is 0 Å². The summed E-state index contributed by atoms with van der Waals surface area (Å²) in [5.41, 5.74) is 4.02. The van der Waals surface area contributed by atoms with Crippen molar-refractivity contribution in [1.29, 1.82) is 0 Å². The third kappa shape index (κ3) is 5.70. The zero-order chi connectivity index (χ0) is 22.8. The number of nitrogens with zero attached hydrogens (tertiary/aromatic N) is 1. The van der Waals surface area contributed by atoms with E-state index in [1.54, 1.807) is 0 Å². The van der Waals surface area contributed by atoms with E-state index in [9.17, 15) is 9.90 Å². The molecule has 0 aromatic heterocycles. The van der Waals surface area contributed by atoms with Crippen molar-refractivity contribution in [3.05, 3.63) is 59.2 Å². The molecule has 5 heteroatoms. The normalized spacial score (nSPS) is 19.7. The predicted molar refractivity (Wildman–Crippen MR) is 128 cm³/mol. The summed E-state index contributed by atoms with van der Waals surface area (Å²) in [6, 6.07) is 14.7. The van der Waals surface area contributed by atoms with Crippen molar-refractivity contribution in [3.8, 4) is 11.5 Å². The van der Waals surface area contributed by atoms with Gasteiger partial charge in [-0.15, -0.1) is 0 Å². The maximum absolute atomic E-state index is 11.3. The average molecular weight is 450 g/mol. The number of aliphatic carboxylic acids is 1. The van der Waals surface area contributed by atoms with Crippen LogP contribution in [0, 0.1) is 11.8 Å². The van der Waals surface area contributed by atoms with Crippen LogP contribution in [0.3, 0.4) is 0 Å². The summed E-state index contributed by atoms with van der Waals surface area (Å²) >= 11 is 0. The van der Waals surface area contributed by atoms with E-state index >= 15 is 0 Å². The van der Waals surface area contributed by atoms with E-state index in [0.29, 0.717) is 25.0 Å². The lowest BCUT2D eigenvalue weighted by molar-refractivity contribution is -0.137. The number of carbonyl (C=O) groups is 1. The SMILES string of the molecule is CCOc1ccc(C2CC2)c(CN2CC(COc3cccc([C@@H](CC(=O)O)C4CC4)c3)C2)c1. The van der Waals surface area contributed by atoms with Crippen LogP contribution in [-0.2, 0) is 11.3 Å². The first-order valence-electron chi connectivity index (χ1n) is 12.5. The largest absolute Gasteiger partial charge is 0.494 e. The highest BCUT2D eigenvalue weighted by Crippen LogP contribution is 2.45. The highest BCUT2D eigenvalue weighted by Gasteiger charge is 2.34. The van der Waals surface area contributed by atoms with Gasteiger partial charge in [0.1, 0.15) is 11.5 Å². The van der Waals surface area contributed by atoms with E-state index in [1.807, 2.05) is 19.1 Å². The van der Waals surface area contributed by atoms with Gasteiger partial charge in [-0.2, -0.15) is 0 Å². The Bertz CT molecular complexity index is 976. The van der Waals surface area contributed by atoms with Crippen molar-refractivity contribution < 1.29 is 19.4 Å². The number of ether oxygens (including phenoxy) is 2. The van der Waals surface area contributed by atoms with Crippen LogP contribution in [0.5, 0.6) is 11.5 Å². The van der Waals surface area contributed by atoms with Gasteiger partial charge in [-0.05, 0) is 91.3 Å². The zero-order valence-electron chi connectivity index (χ0n) is 19.5. The lowest BCUT2D eigenvalue weighted by Crippen LogP contribution is -2.48. The van der Waals surface area contributed by atoms with Crippen molar-refractivity contribution >= 4 is 5.97 Å². The van der Waals surface area contributed by atoms with Gasteiger partial charge in [0.05, 0.1) is 19.6 Å². The summed E-state index contributed by atoms with van der Waals surface area (Å²) in [7, 11) is 0. The van der Waals surface area contributed by atoms with Gasteiger partial charge in [-0.1, -0.05) is 18.2 Å². The molecule has 1 N–H and O–H groups in total. The van der Waals surface area contributed by atoms with E-state index in [4.69, 9.17) is 9.47 Å². The first-order valence-corrected chi connectivity index (χ1v) is 12.5. The van der Waals surface area contributed by atoms with E-state index in [0.717, 1.165) is 55.5 Å². The van der Waals surface area contributed by atoms with Crippen LogP contribution in [0.15, 0.2) is 42.5 Å². The second-order valence-electron chi connectivity index (χ2n) is 10.1. The number of benzene rings is 2. The highest BCUT2D eigenvalue weighted by molar-refractivity contribution is 5.68. The lowest BCUT2D eigenvalue weighted by Gasteiger charge is -2.39. The van der Waals surface area contributed by atoms with E-state index < -0.39 is 5.97 Å². The van der Waals surface area contributed by atoms with Gasteiger partial charge in [-0.3, -0.25) is 9.69 Å². The molecule has 5 rings (SSSR count). The van der Waals surface area contributed by atoms with Gasteiger partial charge in [0.2, 0.25) is 0 Å². The van der Waals surface area contributed by atoms with Gasteiger partial charge < -0.3 is 14.6 Å². The van der Waals surface area contributed by atoms with Crippen molar-refractivity contribution in [1.82, 2.24) is 4.90 Å². The minimum Gasteiger partial charge on any atom is -0.494 e. The molecular formula is C28H35NO4. The molecule has 0 amide bonds. The van der Waals surface area contributed by atoms with Crippen LogP contribution in [-0.4, -0.2) is 42.3 Å². The van der Waals surface area contributed by atoms with Crippen molar-refractivity contribution in [2.75, 3.05) is 26.3 Å². The highest BCUT2D eigenvalue weighted by atomic mass is 16.5. The van der Waals surface area contributed by atoms with E-state index in [2.05, 4.69) is 35.2 Å². The van der Waals surface area contributed by atoms with Crippen molar-refractivity contribution in [3.63, 3.8) is 0 Å². The maximum Gasteiger partial charge on any atom is 0.303 e. The summed E-state index contributed by atoms with van der Waals surface area (Å²) in [6.45, 7) is 6.52. The Labute approximate surface area is 196 Å². The molecule has 33 heavy (non-hydrogen) atoms. The molecule has 5 nitrogen and oxygen atoms in total. The van der Waals surface area contributed by atoms with Gasteiger partial charge in [-0.25, -0.2) is 0 Å². The Morgan fingerprint density at radius 3 is 2.55 bits per heavy atom. The molecule has 0 bridgehead atoms. The van der Waals surface area contributed by atoms with Crippen LogP contribution in [0.25, 0.3) is 0 Å². The molecule has 0 spiro atoms. The Kier molecular flexibility index (Phi) is 6.59. The molecule has 2 saturated carbocycles. The summed E-state index contributed by atoms with van der Waals surface area (Å²) < 4.78 is 11.9. The first-order chi connectivity index (χ1) is 16.1. The minimum absolute atomic E-state index is 0.110. The molecule has 2 aromatic carbocycles. The van der Waals surface area contributed by atoms with Gasteiger partial charge in [0.25, 0.3) is 0 Å². The molecule has 1 aliphatic heterocycles. The Morgan fingerprint density at radius 2 is 1.85 bits per heavy atom. The second-order valence-corrected chi connectivity index (χ2v) is 10.1. The molecule has 3 aliphatic rings. The summed E-state index contributed by atoms with van der Waals surface area (Å²) in [5, 5.41) is 9.29. The fraction of sp³-hybridized carbons (Fsp3) is 0.536. The fourth-order valence-electron chi connectivity index (χ4n) is 5.21. The topological polar surface area (TPSA) is 59.0 Å². The molecule has 0 unspecified atom stereocenters. The van der Waals surface area contributed by atoms with Crippen LogP contribution >= 0.6 is 0 Å². The van der Waals surface area contributed by atoms with Crippen molar-refractivity contribution in [2.24, 2.45) is 11.8 Å². The summed E-state index contributed by atoms with van der Waals surface area (Å²) in [4.78, 5) is 13.8. The monoisotopic (exact) mass is 449 g/mol. The molecule has 3 fully saturated rings. The average Bonchev–Trinajstić information content (AvgIpc) is 3.68. The van der Waals surface area contributed by atoms with Gasteiger partial charge in [0.15, 0.2) is 0 Å².